The van der Waals surface area contributed by atoms with E-state index in [1.165, 1.54) is 42.9 Å². The molecule has 0 unspecified atom stereocenters. The van der Waals surface area contributed by atoms with Gasteiger partial charge in [0, 0.05) is 12.6 Å². The van der Waals surface area contributed by atoms with Crippen LogP contribution in [0.4, 0.5) is 10.2 Å². The van der Waals surface area contributed by atoms with Gasteiger partial charge in [0.1, 0.15) is 22.8 Å². The number of rotatable bonds is 1. The highest BCUT2D eigenvalue weighted by atomic mass is 19.1. The van der Waals surface area contributed by atoms with E-state index in [4.69, 9.17) is 5.73 Å². The SMILES string of the molecule is Cn1c(=O)c2c(-c3ccc(F)cc3)c(C#N)c(N)[nH+]c2n(C)c1=O. The Morgan fingerprint density at radius 3 is 2.38 bits per heavy atom. The maximum absolute atomic E-state index is 13.2. The summed E-state index contributed by atoms with van der Waals surface area (Å²) >= 11 is 0. The number of H-pyrrole nitrogens is 1. The molecule has 0 bridgehead atoms. The highest BCUT2D eigenvalue weighted by molar-refractivity contribution is 5.95. The van der Waals surface area contributed by atoms with Gasteiger partial charge in [-0.1, -0.05) is 12.1 Å². The van der Waals surface area contributed by atoms with Crippen LogP contribution in [0.1, 0.15) is 5.56 Å². The van der Waals surface area contributed by atoms with Gasteiger partial charge >= 0.3 is 5.69 Å². The monoisotopic (exact) mass is 326 g/mol. The Kier molecular flexibility index (Phi) is 3.41. The Balaban J connectivity index is 2.65. The minimum Gasteiger partial charge on any atom is -0.318 e. The van der Waals surface area contributed by atoms with Crippen LogP contribution in [0.2, 0.25) is 0 Å². The molecule has 0 spiro atoms. The summed E-state index contributed by atoms with van der Waals surface area (Å²) in [5, 5.41) is 9.59. The number of anilines is 1. The molecule has 0 atom stereocenters. The number of nitrogen functional groups attached to an aromatic ring is 1. The Labute approximate surface area is 135 Å². The largest absolute Gasteiger partial charge is 0.388 e. The van der Waals surface area contributed by atoms with E-state index in [1.54, 1.807) is 0 Å². The first-order valence-electron chi connectivity index (χ1n) is 6.97. The van der Waals surface area contributed by atoms with E-state index < -0.39 is 17.1 Å². The standard InChI is InChI=1S/C16H12FN5O2/c1-21-14-12(15(23)22(2)16(21)24)11(10(7-18)13(19)20-14)8-3-5-9(17)6-4-8/h3-6H,1-2H3,(H2,19,20)/p+1. The molecule has 0 saturated heterocycles. The molecule has 3 aromatic rings. The highest BCUT2D eigenvalue weighted by Gasteiger charge is 2.24. The van der Waals surface area contributed by atoms with Crippen molar-refractivity contribution in [1.82, 2.24) is 9.13 Å². The Hall–Kier alpha value is -3.47. The fourth-order valence-corrected chi connectivity index (χ4v) is 2.69. The van der Waals surface area contributed by atoms with Gasteiger partial charge in [0.2, 0.25) is 11.5 Å². The lowest BCUT2D eigenvalue weighted by Crippen LogP contribution is -2.40. The summed E-state index contributed by atoms with van der Waals surface area (Å²) in [5.41, 5.74) is 5.77. The van der Waals surface area contributed by atoms with Crippen molar-refractivity contribution in [2.24, 2.45) is 14.1 Å². The Morgan fingerprint density at radius 2 is 1.79 bits per heavy atom. The average Bonchev–Trinajstić information content (AvgIpc) is 2.57. The summed E-state index contributed by atoms with van der Waals surface area (Å²) in [5.74, 6) is -0.426. The number of hydrogen-bond acceptors (Lipinski definition) is 4. The number of nitrogens with one attached hydrogen (secondary N) is 1. The number of aromatic nitrogens is 3. The lowest BCUT2D eigenvalue weighted by Gasteiger charge is -2.10. The van der Waals surface area contributed by atoms with Gasteiger partial charge < -0.3 is 5.73 Å². The highest BCUT2D eigenvalue weighted by Crippen LogP contribution is 2.30. The zero-order valence-corrected chi connectivity index (χ0v) is 12.9. The minimum absolute atomic E-state index is 0.0209. The van der Waals surface area contributed by atoms with Crippen LogP contribution >= 0.6 is 0 Å². The third-order valence-electron chi connectivity index (χ3n) is 3.93. The summed E-state index contributed by atoms with van der Waals surface area (Å²) < 4.78 is 15.4. The van der Waals surface area contributed by atoms with Crippen molar-refractivity contribution >= 4 is 16.9 Å². The van der Waals surface area contributed by atoms with E-state index in [0.29, 0.717) is 5.56 Å². The second kappa shape index (κ2) is 5.31. The molecule has 2 heterocycles. The zero-order chi connectivity index (χ0) is 17.6. The van der Waals surface area contributed by atoms with Crippen molar-refractivity contribution in [3.05, 3.63) is 56.5 Å². The molecule has 0 radical (unpaired) electrons. The van der Waals surface area contributed by atoms with Crippen LogP contribution in [0.5, 0.6) is 0 Å². The van der Waals surface area contributed by atoms with E-state index in [-0.39, 0.29) is 28.0 Å². The van der Waals surface area contributed by atoms with Crippen LogP contribution in [-0.4, -0.2) is 9.13 Å². The van der Waals surface area contributed by atoms with Crippen molar-refractivity contribution in [1.29, 1.82) is 5.26 Å². The number of fused-ring (bicyclic) bond motifs is 1. The van der Waals surface area contributed by atoms with Crippen molar-refractivity contribution in [3.8, 4) is 17.2 Å². The number of nitrogens with two attached hydrogens (primary N) is 1. The normalized spacial score (nSPS) is 10.8. The van der Waals surface area contributed by atoms with Crippen LogP contribution in [0, 0.1) is 17.1 Å². The molecule has 8 heteroatoms. The fraction of sp³-hybridized carbons (Fsp3) is 0.125. The predicted molar refractivity (Wildman–Crippen MR) is 85.5 cm³/mol. The molecule has 1 aromatic carbocycles. The number of pyridine rings is 1. The summed E-state index contributed by atoms with van der Waals surface area (Å²) in [7, 11) is 2.83. The van der Waals surface area contributed by atoms with Gasteiger partial charge in [-0.25, -0.2) is 23.3 Å². The summed E-state index contributed by atoms with van der Waals surface area (Å²) in [4.78, 5) is 27.5. The Morgan fingerprint density at radius 1 is 1.17 bits per heavy atom. The van der Waals surface area contributed by atoms with Crippen LogP contribution in [0.3, 0.4) is 0 Å². The smallest absolute Gasteiger partial charge is 0.318 e. The summed E-state index contributed by atoms with van der Waals surface area (Å²) in [6.45, 7) is 0. The lowest BCUT2D eigenvalue weighted by atomic mass is 9.98. The molecule has 0 amide bonds. The quantitative estimate of drug-likeness (QED) is 0.694. The number of halogens is 1. The molecule has 2 aromatic heterocycles. The molecule has 3 rings (SSSR count). The number of nitrogens with zero attached hydrogens (tertiary/aromatic N) is 3. The van der Waals surface area contributed by atoms with Crippen molar-refractivity contribution in [2.75, 3.05) is 5.73 Å². The van der Waals surface area contributed by atoms with E-state index in [1.807, 2.05) is 6.07 Å². The van der Waals surface area contributed by atoms with Crippen LogP contribution in [0.25, 0.3) is 22.2 Å². The third kappa shape index (κ3) is 2.06. The van der Waals surface area contributed by atoms with E-state index in [0.717, 1.165) is 4.57 Å². The van der Waals surface area contributed by atoms with Crippen molar-refractivity contribution in [3.63, 3.8) is 0 Å². The maximum atomic E-state index is 13.2. The molecule has 0 aliphatic heterocycles. The third-order valence-corrected chi connectivity index (χ3v) is 3.93. The van der Waals surface area contributed by atoms with Gasteiger partial charge in [0.05, 0.1) is 7.05 Å². The molecule has 3 N–H and O–H groups in total. The van der Waals surface area contributed by atoms with Gasteiger partial charge in [-0.05, 0) is 17.7 Å². The van der Waals surface area contributed by atoms with Crippen molar-refractivity contribution < 1.29 is 9.37 Å². The minimum atomic E-state index is -0.569. The number of aromatic amines is 1. The first kappa shape index (κ1) is 15.4. The van der Waals surface area contributed by atoms with E-state index >= 15 is 0 Å². The molecule has 7 nitrogen and oxygen atoms in total. The van der Waals surface area contributed by atoms with Gasteiger partial charge in [0.25, 0.3) is 5.56 Å². The molecular formula is C16H13FN5O2+. The molecule has 120 valence electrons. The molecule has 0 aliphatic rings. The van der Waals surface area contributed by atoms with Crippen LogP contribution in [0.15, 0.2) is 33.9 Å². The number of benzene rings is 1. The second-order valence-electron chi connectivity index (χ2n) is 5.34. The average molecular weight is 326 g/mol. The fourth-order valence-electron chi connectivity index (χ4n) is 2.69. The summed E-state index contributed by atoms with van der Waals surface area (Å²) in [6.07, 6.45) is 0. The molecule has 24 heavy (non-hydrogen) atoms. The zero-order valence-electron chi connectivity index (χ0n) is 12.9. The first-order valence-corrected chi connectivity index (χ1v) is 6.97. The maximum Gasteiger partial charge on any atom is 0.388 e. The van der Waals surface area contributed by atoms with Gasteiger partial charge in [-0.3, -0.25) is 4.79 Å². The van der Waals surface area contributed by atoms with Crippen LogP contribution < -0.4 is 22.0 Å². The number of nitriles is 1. The number of hydrogen-bond donors (Lipinski definition) is 1. The van der Waals surface area contributed by atoms with Gasteiger partial charge in [-0.2, -0.15) is 5.26 Å². The molecule has 0 saturated carbocycles. The van der Waals surface area contributed by atoms with Crippen molar-refractivity contribution in [2.45, 2.75) is 0 Å². The van der Waals surface area contributed by atoms with Gasteiger partial charge in [0.15, 0.2) is 0 Å². The molecule has 0 aliphatic carbocycles. The first-order chi connectivity index (χ1) is 11.4. The summed E-state index contributed by atoms with van der Waals surface area (Å²) in [6, 6.07) is 7.32. The van der Waals surface area contributed by atoms with E-state index in [9.17, 15) is 19.2 Å². The second-order valence-corrected chi connectivity index (χ2v) is 5.34. The Bertz CT molecular complexity index is 1140. The molecular weight excluding hydrogens is 313 g/mol. The topological polar surface area (TPSA) is 108 Å². The van der Waals surface area contributed by atoms with Crippen LogP contribution in [-0.2, 0) is 14.1 Å². The molecule has 0 fully saturated rings. The van der Waals surface area contributed by atoms with E-state index in [2.05, 4.69) is 4.98 Å². The van der Waals surface area contributed by atoms with Gasteiger partial charge in [-0.15, -0.1) is 0 Å². The number of aryl methyl sites for hydroxylation is 1. The lowest BCUT2D eigenvalue weighted by molar-refractivity contribution is -0.331. The predicted octanol–water partition coefficient (Wildman–Crippen LogP) is 0.311.